The van der Waals surface area contributed by atoms with Crippen molar-refractivity contribution in [1.29, 1.82) is 0 Å². The Kier molecular flexibility index (Phi) is 8.90. The van der Waals surface area contributed by atoms with Gasteiger partial charge in [0.1, 0.15) is 0 Å². The summed E-state index contributed by atoms with van der Waals surface area (Å²) < 4.78 is 7.11. The monoisotopic (exact) mass is 301 g/mol. The standard InChI is InChI=1S/C15H28ClN3O/c1-4-6-7-8-9-14(17-5-2)15-13(16)12-18-19(15)10-11-20-3/h12,14,17H,4-11H2,1-3H3. The fourth-order valence-electron chi connectivity index (χ4n) is 2.43. The van der Waals surface area contributed by atoms with E-state index >= 15 is 0 Å². The molecule has 0 bridgehead atoms. The third-order valence-corrected chi connectivity index (χ3v) is 3.76. The molecule has 0 aliphatic heterocycles. The van der Waals surface area contributed by atoms with Gasteiger partial charge in [0.25, 0.3) is 0 Å². The Bertz CT molecular complexity index is 368. The maximum absolute atomic E-state index is 6.33. The van der Waals surface area contributed by atoms with Crippen molar-refractivity contribution in [1.82, 2.24) is 15.1 Å². The van der Waals surface area contributed by atoms with Crippen LogP contribution in [0.3, 0.4) is 0 Å². The summed E-state index contributed by atoms with van der Waals surface area (Å²) in [5.74, 6) is 0. The number of halogens is 1. The molecular formula is C15H28ClN3O. The van der Waals surface area contributed by atoms with Gasteiger partial charge in [-0.3, -0.25) is 4.68 Å². The Hall–Kier alpha value is -0.580. The van der Waals surface area contributed by atoms with Crippen LogP contribution in [-0.4, -0.2) is 30.0 Å². The smallest absolute Gasteiger partial charge is 0.0834 e. The molecule has 0 spiro atoms. The minimum atomic E-state index is 0.281. The first kappa shape index (κ1) is 17.5. The van der Waals surface area contributed by atoms with Crippen LogP contribution >= 0.6 is 11.6 Å². The predicted octanol–water partition coefficient (Wildman–Crippen LogP) is 3.80. The van der Waals surface area contributed by atoms with Crippen molar-refractivity contribution in [3.05, 3.63) is 16.9 Å². The Morgan fingerprint density at radius 3 is 2.80 bits per heavy atom. The summed E-state index contributed by atoms with van der Waals surface area (Å²) in [5.41, 5.74) is 1.10. The lowest BCUT2D eigenvalue weighted by atomic mass is 10.0. The summed E-state index contributed by atoms with van der Waals surface area (Å²) in [5, 5.41) is 8.65. The number of methoxy groups -OCH3 is 1. The van der Waals surface area contributed by atoms with Crippen molar-refractivity contribution in [2.75, 3.05) is 20.3 Å². The summed E-state index contributed by atoms with van der Waals surface area (Å²) >= 11 is 6.33. The molecule has 0 amide bonds. The van der Waals surface area contributed by atoms with Crippen molar-refractivity contribution in [2.45, 2.75) is 58.5 Å². The lowest BCUT2D eigenvalue weighted by Crippen LogP contribution is -2.25. The van der Waals surface area contributed by atoms with E-state index in [2.05, 4.69) is 24.3 Å². The summed E-state index contributed by atoms with van der Waals surface area (Å²) in [6.45, 7) is 6.70. The van der Waals surface area contributed by atoms with E-state index in [1.807, 2.05) is 4.68 Å². The van der Waals surface area contributed by atoms with Gasteiger partial charge < -0.3 is 10.1 Å². The van der Waals surface area contributed by atoms with Crippen LogP contribution in [0.25, 0.3) is 0 Å². The second-order valence-corrected chi connectivity index (χ2v) is 5.46. The number of nitrogens with zero attached hydrogens (tertiary/aromatic N) is 2. The Balaban J connectivity index is 2.70. The van der Waals surface area contributed by atoms with Crippen molar-refractivity contribution >= 4 is 11.6 Å². The van der Waals surface area contributed by atoms with E-state index in [1.54, 1.807) is 13.3 Å². The molecule has 0 radical (unpaired) electrons. The van der Waals surface area contributed by atoms with E-state index in [0.29, 0.717) is 6.61 Å². The summed E-state index contributed by atoms with van der Waals surface area (Å²) in [4.78, 5) is 0. The Labute approximate surface area is 127 Å². The molecule has 1 atom stereocenters. The lowest BCUT2D eigenvalue weighted by Gasteiger charge is -2.20. The van der Waals surface area contributed by atoms with E-state index in [0.717, 1.165) is 30.2 Å². The molecule has 0 fully saturated rings. The van der Waals surface area contributed by atoms with E-state index in [-0.39, 0.29) is 6.04 Å². The molecule has 0 aliphatic rings. The highest BCUT2D eigenvalue weighted by molar-refractivity contribution is 6.31. The Morgan fingerprint density at radius 2 is 2.15 bits per heavy atom. The quantitative estimate of drug-likeness (QED) is 0.632. The number of hydrogen-bond donors (Lipinski definition) is 1. The topological polar surface area (TPSA) is 39.1 Å². The van der Waals surface area contributed by atoms with Gasteiger partial charge in [0.05, 0.1) is 36.1 Å². The van der Waals surface area contributed by atoms with E-state index in [9.17, 15) is 0 Å². The zero-order valence-corrected chi connectivity index (χ0v) is 13.7. The van der Waals surface area contributed by atoms with Crippen LogP contribution in [0.15, 0.2) is 6.20 Å². The van der Waals surface area contributed by atoms with Gasteiger partial charge in [0.15, 0.2) is 0 Å². The summed E-state index contributed by atoms with van der Waals surface area (Å²) in [6.07, 6.45) is 7.91. The van der Waals surface area contributed by atoms with Gasteiger partial charge in [-0.1, -0.05) is 51.1 Å². The molecule has 0 aliphatic carbocycles. The lowest BCUT2D eigenvalue weighted by molar-refractivity contribution is 0.181. The van der Waals surface area contributed by atoms with Gasteiger partial charge in [-0.2, -0.15) is 5.10 Å². The van der Waals surface area contributed by atoms with Crippen molar-refractivity contribution in [3.63, 3.8) is 0 Å². The highest BCUT2D eigenvalue weighted by Gasteiger charge is 2.19. The minimum Gasteiger partial charge on any atom is -0.383 e. The molecule has 1 heterocycles. The number of nitrogens with one attached hydrogen (secondary N) is 1. The van der Waals surface area contributed by atoms with Gasteiger partial charge in [-0.25, -0.2) is 0 Å². The molecule has 4 nitrogen and oxygen atoms in total. The van der Waals surface area contributed by atoms with Crippen LogP contribution in [0, 0.1) is 0 Å². The van der Waals surface area contributed by atoms with Crippen molar-refractivity contribution in [2.24, 2.45) is 0 Å². The fraction of sp³-hybridized carbons (Fsp3) is 0.800. The molecule has 1 rings (SSSR count). The molecule has 0 saturated carbocycles. The van der Waals surface area contributed by atoms with Crippen LogP contribution in [0.4, 0.5) is 0 Å². The SMILES string of the molecule is CCCCCCC(NCC)c1c(Cl)cnn1CCOC. The molecule has 1 aromatic heterocycles. The molecule has 1 N–H and O–H groups in total. The van der Waals surface area contributed by atoms with Crippen molar-refractivity contribution < 1.29 is 4.74 Å². The maximum Gasteiger partial charge on any atom is 0.0834 e. The maximum atomic E-state index is 6.33. The third kappa shape index (κ3) is 5.43. The second kappa shape index (κ2) is 10.2. The molecule has 0 aromatic carbocycles. The average Bonchev–Trinajstić information content (AvgIpc) is 2.81. The van der Waals surface area contributed by atoms with Crippen LogP contribution < -0.4 is 5.32 Å². The highest BCUT2D eigenvalue weighted by Crippen LogP contribution is 2.27. The first-order valence-electron chi connectivity index (χ1n) is 7.68. The average molecular weight is 302 g/mol. The van der Waals surface area contributed by atoms with Crippen LogP contribution in [0.1, 0.15) is 57.7 Å². The largest absolute Gasteiger partial charge is 0.383 e. The van der Waals surface area contributed by atoms with E-state index in [1.165, 1.54) is 25.7 Å². The minimum absolute atomic E-state index is 0.281. The van der Waals surface area contributed by atoms with Crippen LogP contribution in [0.2, 0.25) is 5.02 Å². The van der Waals surface area contributed by atoms with Crippen LogP contribution in [0.5, 0.6) is 0 Å². The first-order valence-corrected chi connectivity index (χ1v) is 8.05. The number of rotatable bonds is 11. The molecule has 5 heteroatoms. The van der Waals surface area contributed by atoms with Gasteiger partial charge in [-0.05, 0) is 13.0 Å². The second-order valence-electron chi connectivity index (χ2n) is 5.05. The molecule has 1 unspecified atom stereocenters. The normalized spacial score (nSPS) is 12.8. The van der Waals surface area contributed by atoms with Gasteiger partial charge in [0.2, 0.25) is 0 Å². The summed E-state index contributed by atoms with van der Waals surface area (Å²) in [7, 11) is 1.71. The first-order chi connectivity index (χ1) is 9.74. The highest BCUT2D eigenvalue weighted by atomic mass is 35.5. The predicted molar refractivity (Wildman–Crippen MR) is 84.3 cm³/mol. The number of unbranched alkanes of at least 4 members (excludes halogenated alkanes) is 3. The molecule has 0 saturated heterocycles. The fourth-order valence-corrected chi connectivity index (χ4v) is 2.70. The van der Waals surface area contributed by atoms with E-state index in [4.69, 9.17) is 16.3 Å². The van der Waals surface area contributed by atoms with E-state index < -0.39 is 0 Å². The van der Waals surface area contributed by atoms with Crippen LogP contribution in [-0.2, 0) is 11.3 Å². The molecular weight excluding hydrogens is 274 g/mol. The molecule has 1 aromatic rings. The number of ether oxygens (including phenoxy) is 1. The number of hydrogen-bond acceptors (Lipinski definition) is 3. The van der Waals surface area contributed by atoms with Gasteiger partial charge >= 0.3 is 0 Å². The van der Waals surface area contributed by atoms with Crippen molar-refractivity contribution in [3.8, 4) is 0 Å². The molecule has 20 heavy (non-hydrogen) atoms. The summed E-state index contributed by atoms with van der Waals surface area (Å²) in [6, 6.07) is 0.281. The van der Waals surface area contributed by atoms with Gasteiger partial charge in [0, 0.05) is 7.11 Å². The third-order valence-electron chi connectivity index (χ3n) is 3.47. The Morgan fingerprint density at radius 1 is 1.35 bits per heavy atom. The number of aromatic nitrogens is 2. The zero-order chi connectivity index (χ0) is 14.8. The molecule has 116 valence electrons. The van der Waals surface area contributed by atoms with Gasteiger partial charge in [-0.15, -0.1) is 0 Å². The zero-order valence-electron chi connectivity index (χ0n) is 13.0.